The molecule has 2 aromatic rings. The standard InChI is InChI=1S/C20H27N5O2S/c1-24-18(8-7-17(21)26)22-23-20(24)28-14-19(27)25-11-9-16(10-12-25)13-15-5-3-2-4-6-15/h2-6,16H,7-14H2,1H3,(H2,21,26). The molecule has 8 heteroatoms. The van der Waals surface area contributed by atoms with Gasteiger partial charge in [-0.05, 0) is 30.7 Å². The minimum Gasteiger partial charge on any atom is -0.370 e. The SMILES string of the molecule is Cn1c(CCC(N)=O)nnc1SCC(=O)N1CCC(Cc2ccccc2)CC1. The van der Waals surface area contributed by atoms with E-state index < -0.39 is 0 Å². The van der Waals surface area contributed by atoms with Gasteiger partial charge < -0.3 is 15.2 Å². The average molecular weight is 402 g/mol. The minimum atomic E-state index is -0.358. The molecule has 1 fully saturated rings. The molecule has 28 heavy (non-hydrogen) atoms. The molecule has 2 amide bonds. The van der Waals surface area contributed by atoms with Crippen LogP contribution in [0.1, 0.15) is 30.7 Å². The van der Waals surface area contributed by atoms with E-state index in [4.69, 9.17) is 5.73 Å². The predicted molar refractivity (Wildman–Crippen MR) is 109 cm³/mol. The molecule has 0 spiro atoms. The summed E-state index contributed by atoms with van der Waals surface area (Å²) in [5.74, 6) is 1.49. The number of hydrogen-bond acceptors (Lipinski definition) is 5. The van der Waals surface area contributed by atoms with Crippen molar-refractivity contribution < 1.29 is 9.59 Å². The highest BCUT2D eigenvalue weighted by Gasteiger charge is 2.23. The summed E-state index contributed by atoms with van der Waals surface area (Å²) in [6.07, 6.45) is 3.89. The van der Waals surface area contributed by atoms with Crippen LogP contribution in [-0.4, -0.2) is 50.3 Å². The first-order chi connectivity index (χ1) is 13.5. The lowest BCUT2D eigenvalue weighted by Gasteiger charge is -2.32. The third-order valence-electron chi connectivity index (χ3n) is 5.18. The summed E-state index contributed by atoms with van der Waals surface area (Å²) in [5.41, 5.74) is 6.55. The molecule has 2 N–H and O–H groups in total. The first-order valence-corrected chi connectivity index (χ1v) is 10.6. The number of carbonyl (C=O) groups is 2. The molecule has 1 aliphatic rings. The quantitative estimate of drug-likeness (QED) is 0.681. The van der Waals surface area contributed by atoms with Gasteiger partial charge in [-0.15, -0.1) is 10.2 Å². The molecule has 1 aromatic carbocycles. The Balaban J connectivity index is 1.43. The van der Waals surface area contributed by atoms with Crippen LogP contribution in [-0.2, 0) is 29.5 Å². The zero-order valence-electron chi connectivity index (χ0n) is 16.2. The zero-order valence-corrected chi connectivity index (χ0v) is 17.0. The van der Waals surface area contributed by atoms with E-state index in [2.05, 4.69) is 34.5 Å². The summed E-state index contributed by atoms with van der Waals surface area (Å²) in [5, 5.41) is 8.90. The molecule has 150 valence electrons. The molecule has 0 atom stereocenters. The first kappa shape index (κ1) is 20.4. The van der Waals surface area contributed by atoms with Gasteiger partial charge in [0.15, 0.2) is 5.16 Å². The maximum atomic E-state index is 12.6. The Labute approximate surface area is 169 Å². The Bertz CT molecular complexity index is 800. The second-order valence-corrected chi connectivity index (χ2v) is 8.17. The third kappa shape index (κ3) is 5.58. The van der Waals surface area contributed by atoms with Crippen molar-refractivity contribution in [2.45, 2.75) is 37.3 Å². The predicted octanol–water partition coefficient (Wildman–Crippen LogP) is 1.81. The zero-order chi connectivity index (χ0) is 19.9. The van der Waals surface area contributed by atoms with Gasteiger partial charge in [-0.1, -0.05) is 42.1 Å². The smallest absolute Gasteiger partial charge is 0.233 e. The van der Waals surface area contributed by atoms with Crippen LogP contribution >= 0.6 is 11.8 Å². The van der Waals surface area contributed by atoms with Crippen molar-refractivity contribution in [3.8, 4) is 0 Å². The van der Waals surface area contributed by atoms with Gasteiger partial charge in [0.1, 0.15) is 5.82 Å². The van der Waals surface area contributed by atoms with E-state index in [1.165, 1.54) is 17.3 Å². The van der Waals surface area contributed by atoms with E-state index in [1.807, 2.05) is 22.6 Å². The summed E-state index contributed by atoms with van der Waals surface area (Å²) in [6, 6.07) is 10.5. The van der Waals surface area contributed by atoms with Crippen molar-refractivity contribution in [3.63, 3.8) is 0 Å². The second kappa shape index (κ2) is 9.73. The Morgan fingerprint density at radius 3 is 2.57 bits per heavy atom. The lowest BCUT2D eigenvalue weighted by molar-refractivity contribution is -0.129. The fourth-order valence-corrected chi connectivity index (χ4v) is 4.31. The van der Waals surface area contributed by atoms with Crippen LogP contribution < -0.4 is 5.73 Å². The average Bonchev–Trinajstić information content (AvgIpc) is 3.05. The maximum Gasteiger partial charge on any atom is 0.233 e. The van der Waals surface area contributed by atoms with Crippen LogP contribution in [0.2, 0.25) is 0 Å². The van der Waals surface area contributed by atoms with Gasteiger partial charge in [-0.2, -0.15) is 0 Å². The third-order valence-corrected chi connectivity index (χ3v) is 6.18. The number of nitrogens with two attached hydrogens (primary N) is 1. The van der Waals surface area contributed by atoms with Gasteiger partial charge in [0.05, 0.1) is 5.75 Å². The van der Waals surface area contributed by atoms with Crippen LogP contribution in [0.15, 0.2) is 35.5 Å². The Morgan fingerprint density at radius 2 is 1.89 bits per heavy atom. The monoisotopic (exact) mass is 401 g/mol. The van der Waals surface area contributed by atoms with E-state index >= 15 is 0 Å². The molecule has 1 aliphatic heterocycles. The number of thioether (sulfide) groups is 1. The van der Waals surface area contributed by atoms with E-state index in [1.54, 1.807) is 0 Å². The maximum absolute atomic E-state index is 12.6. The molecule has 0 radical (unpaired) electrons. The number of piperidine rings is 1. The van der Waals surface area contributed by atoms with E-state index in [0.29, 0.717) is 29.1 Å². The molecule has 0 bridgehead atoms. The van der Waals surface area contributed by atoms with Crippen molar-refractivity contribution in [3.05, 3.63) is 41.7 Å². The van der Waals surface area contributed by atoms with Crippen molar-refractivity contribution >= 4 is 23.6 Å². The van der Waals surface area contributed by atoms with E-state index in [-0.39, 0.29) is 18.2 Å². The van der Waals surface area contributed by atoms with Crippen LogP contribution in [0, 0.1) is 5.92 Å². The van der Waals surface area contributed by atoms with Crippen molar-refractivity contribution in [1.82, 2.24) is 19.7 Å². The summed E-state index contributed by atoms with van der Waals surface area (Å²) < 4.78 is 1.83. The number of aromatic nitrogens is 3. The van der Waals surface area contributed by atoms with E-state index in [9.17, 15) is 9.59 Å². The van der Waals surface area contributed by atoms with E-state index in [0.717, 1.165) is 32.4 Å². The molecule has 0 saturated carbocycles. The molecule has 2 heterocycles. The Hall–Kier alpha value is -2.35. The summed E-state index contributed by atoms with van der Waals surface area (Å²) in [6.45, 7) is 1.64. The first-order valence-electron chi connectivity index (χ1n) is 9.64. The number of carbonyl (C=O) groups excluding carboxylic acids is 2. The molecule has 1 aromatic heterocycles. The lowest BCUT2D eigenvalue weighted by atomic mass is 9.90. The Morgan fingerprint density at radius 1 is 1.18 bits per heavy atom. The van der Waals surface area contributed by atoms with Gasteiger partial charge >= 0.3 is 0 Å². The van der Waals surface area contributed by atoms with Gasteiger partial charge in [0.25, 0.3) is 0 Å². The Kier molecular flexibility index (Phi) is 7.08. The van der Waals surface area contributed by atoms with Crippen molar-refractivity contribution in [2.75, 3.05) is 18.8 Å². The number of rotatable bonds is 8. The van der Waals surface area contributed by atoms with Gasteiger partial charge in [-0.3, -0.25) is 9.59 Å². The van der Waals surface area contributed by atoms with Crippen LogP contribution in [0.4, 0.5) is 0 Å². The molecule has 0 aliphatic carbocycles. The molecular formula is C20H27N5O2S. The number of benzene rings is 1. The van der Waals surface area contributed by atoms with Crippen LogP contribution in [0.3, 0.4) is 0 Å². The topological polar surface area (TPSA) is 94.1 Å². The number of amides is 2. The summed E-state index contributed by atoms with van der Waals surface area (Å²) in [7, 11) is 1.85. The van der Waals surface area contributed by atoms with Gasteiger partial charge in [0, 0.05) is 33.0 Å². The number of likely N-dealkylation sites (tertiary alicyclic amines) is 1. The molecule has 1 saturated heterocycles. The largest absolute Gasteiger partial charge is 0.370 e. The number of hydrogen-bond donors (Lipinski definition) is 1. The normalized spacial score (nSPS) is 15.0. The second-order valence-electron chi connectivity index (χ2n) is 7.23. The highest BCUT2D eigenvalue weighted by molar-refractivity contribution is 7.99. The number of aryl methyl sites for hydroxylation is 1. The lowest BCUT2D eigenvalue weighted by Crippen LogP contribution is -2.39. The minimum absolute atomic E-state index is 0.143. The molecule has 3 rings (SSSR count). The highest BCUT2D eigenvalue weighted by Crippen LogP contribution is 2.23. The van der Waals surface area contributed by atoms with Gasteiger partial charge in [0.2, 0.25) is 11.8 Å². The van der Waals surface area contributed by atoms with Gasteiger partial charge in [-0.25, -0.2) is 0 Å². The van der Waals surface area contributed by atoms with Crippen LogP contribution in [0.25, 0.3) is 0 Å². The summed E-state index contributed by atoms with van der Waals surface area (Å²) >= 11 is 1.39. The fraction of sp³-hybridized carbons (Fsp3) is 0.500. The molecule has 0 unspecified atom stereocenters. The number of nitrogens with zero attached hydrogens (tertiary/aromatic N) is 4. The van der Waals surface area contributed by atoms with Crippen LogP contribution in [0.5, 0.6) is 0 Å². The molecule has 7 nitrogen and oxygen atoms in total. The fourth-order valence-electron chi connectivity index (χ4n) is 3.47. The number of primary amides is 1. The van der Waals surface area contributed by atoms with Crippen molar-refractivity contribution in [2.24, 2.45) is 18.7 Å². The van der Waals surface area contributed by atoms with Crippen molar-refractivity contribution in [1.29, 1.82) is 0 Å². The highest BCUT2D eigenvalue weighted by atomic mass is 32.2. The molecular weight excluding hydrogens is 374 g/mol. The summed E-state index contributed by atoms with van der Waals surface area (Å²) in [4.78, 5) is 25.4.